The third kappa shape index (κ3) is 5.53. The molecule has 0 radical (unpaired) electrons. The number of allylic oxidation sites excluding steroid dienone is 1. The van der Waals surface area contributed by atoms with Gasteiger partial charge in [-0.2, -0.15) is 11.8 Å². The highest BCUT2D eigenvalue weighted by atomic mass is 32.2. The summed E-state index contributed by atoms with van der Waals surface area (Å²) in [5.41, 5.74) is 2.55. The molecule has 2 aliphatic rings. The van der Waals surface area contributed by atoms with E-state index in [0.717, 1.165) is 64.8 Å². The van der Waals surface area contributed by atoms with E-state index < -0.39 is 0 Å². The van der Waals surface area contributed by atoms with Gasteiger partial charge in [0.05, 0.1) is 7.11 Å². The van der Waals surface area contributed by atoms with Crippen LogP contribution in [0.4, 0.5) is 0 Å². The fourth-order valence-corrected chi connectivity index (χ4v) is 5.59. The standard InChI is InChI=1S/C29H33NO3S/c1-31-26-10-12-28-23(21-26)5-11-27(22-13-19-34-20-14-22)29(28)33-25-8-6-24(7-9-25)32-18-17-30-15-3-2-4-16-30/h5-13,21H,2-4,14-20H2,1H3. The van der Waals surface area contributed by atoms with Crippen molar-refractivity contribution >= 4 is 28.1 Å². The summed E-state index contributed by atoms with van der Waals surface area (Å²) < 4.78 is 18.0. The number of piperidine rings is 1. The summed E-state index contributed by atoms with van der Waals surface area (Å²) in [6, 6.07) is 18.6. The first-order valence-electron chi connectivity index (χ1n) is 12.3. The van der Waals surface area contributed by atoms with Crippen LogP contribution in [0.3, 0.4) is 0 Å². The molecular formula is C29H33NO3S. The quantitative estimate of drug-likeness (QED) is 0.349. The smallest absolute Gasteiger partial charge is 0.142 e. The van der Waals surface area contributed by atoms with Crippen LogP contribution >= 0.6 is 11.8 Å². The molecule has 0 unspecified atom stereocenters. The molecule has 0 bridgehead atoms. The summed E-state index contributed by atoms with van der Waals surface area (Å²) in [6.45, 7) is 4.12. The molecule has 0 spiro atoms. The molecule has 3 aromatic rings. The summed E-state index contributed by atoms with van der Waals surface area (Å²) in [5, 5.41) is 2.21. The Labute approximate surface area is 206 Å². The molecule has 34 heavy (non-hydrogen) atoms. The van der Waals surface area contributed by atoms with Gasteiger partial charge in [-0.05, 0) is 91.5 Å². The average molecular weight is 476 g/mol. The molecule has 1 fully saturated rings. The third-order valence-corrected chi connectivity index (χ3v) is 7.55. The zero-order valence-corrected chi connectivity index (χ0v) is 20.7. The maximum Gasteiger partial charge on any atom is 0.142 e. The molecule has 2 heterocycles. The van der Waals surface area contributed by atoms with Crippen molar-refractivity contribution in [1.82, 2.24) is 4.90 Å². The number of rotatable bonds is 8. The van der Waals surface area contributed by atoms with Crippen molar-refractivity contribution in [2.45, 2.75) is 25.7 Å². The summed E-state index contributed by atoms with van der Waals surface area (Å²) >= 11 is 1.98. The Hall–Kier alpha value is -2.63. The zero-order chi connectivity index (χ0) is 23.2. The Kier molecular flexibility index (Phi) is 7.62. The minimum Gasteiger partial charge on any atom is -0.497 e. The number of likely N-dealkylation sites (tertiary alicyclic amines) is 1. The van der Waals surface area contributed by atoms with Gasteiger partial charge in [-0.1, -0.05) is 24.6 Å². The van der Waals surface area contributed by atoms with Crippen molar-refractivity contribution < 1.29 is 14.2 Å². The summed E-state index contributed by atoms with van der Waals surface area (Å²) in [7, 11) is 1.70. The minimum absolute atomic E-state index is 0.724. The fourth-order valence-electron chi connectivity index (χ4n) is 4.74. The third-order valence-electron chi connectivity index (χ3n) is 6.66. The lowest BCUT2D eigenvalue weighted by Crippen LogP contribution is -2.33. The molecule has 0 atom stereocenters. The zero-order valence-electron chi connectivity index (χ0n) is 19.9. The maximum atomic E-state index is 6.55. The first-order valence-corrected chi connectivity index (χ1v) is 13.5. The van der Waals surface area contributed by atoms with Crippen molar-refractivity contribution in [1.29, 1.82) is 0 Å². The first kappa shape index (κ1) is 23.1. The highest BCUT2D eigenvalue weighted by Gasteiger charge is 2.16. The lowest BCUT2D eigenvalue weighted by atomic mass is 9.97. The molecule has 5 rings (SSSR count). The van der Waals surface area contributed by atoms with Crippen molar-refractivity contribution in [3.63, 3.8) is 0 Å². The van der Waals surface area contributed by atoms with Gasteiger partial charge >= 0.3 is 0 Å². The van der Waals surface area contributed by atoms with E-state index >= 15 is 0 Å². The van der Waals surface area contributed by atoms with Gasteiger partial charge in [-0.15, -0.1) is 0 Å². The lowest BCUT2D eigenvalue weighted by Gasteiger charge is -2.26. The van der Waals surface area contributed by atoms with E-state index in [1.165, 1.54) is 43.5 Å². The molecule has 0 saturated carbocycles. The summed E-state index contributed by atoms with van der Waals surface area (Å²) in [4.78, 5) is 2.50. The van der Waals surface area contributed by atoms with Crippen molar-refractivity contribution in [2.24, 2.45) is 0 Å². The van der Waals surface area contributed by atoms with Crippen molar-refractivity contribution in [3.8, 4) is 23.0 Å². The summed E-state index contributed by atoms with van der Waals surface area (Å²) in [5.74, 6) is 5.68. The van der Waals surface area contributed by atoms with E-state index in [1.54, 1.807) is 7.11 Å². The largest absolute Gasteiger partial charge is 0.497 e. The van der Waals surface area contributed by atoms with Gasteiger partial charge in [0.25, 0.3) is 0 Å². The highest BCUT2D eigenvalue weighted by Crippen LogP contribution is 2.41. The van der Waals surface area contributed by atoms with Crippen molar-refractivity contribution in [2.75, 3.05) is 44.9 Å². The molecule has 3 aromatic carbocycles. The molecule has 178 valence electrons. The minimum atomic E-state index is 0.724. The molecule has 5 heteroatoms. The molecule has 2 aliphatic heterocycles. The van der Waals surface area contributed by atoms with Gasteiger partial charge < -0.3 is 14.2 Å². The van der Waals surface area contributed by atoms with Crippen LogP contribution in [0.2, 0.25) is 0 Å². The van der Waals surface area contributed by atoms with Crippen LogP contribution in [0.1, 0.15) is 31.2 Å². The van der Waals surface area contributed by atoms with Crippen LogP contribution in [-0.2, 0) is 0 Å². The molecule has 4 nitrogen and oxygen atoms in total. The van der Waals surface area contributed by atoms with E-state index in [1.807, 2.05) is 42.1 Å². The number of methoxy groups -OCH3 is 1. The average Bonchev–Trinajstić information content (AvgIpc) is 2.90. The van der Waals surface area contributed by atoms with Gasteiger partial charge in [-0.25, -0.2) is 0 Å². The number of hydrogen-bond acceptors (Lipinski definition) is 5. The van der Waals surface area contributed by atoms with Gasteiger partial charge in [0.1, 0.15) is 29.6 Å². The number of thioether (sulfide) groups is 1. The van der Waals surface area contributed by atoms with E-state index in [9.17, 15) is 0 Å². The van der Waals surface area contributed by atoms with Crippen molar-refractivity contribution in [3.05, 3.63) is 66.2 Å². The van der Waals surface area contributed by atoms with Crippen LogP contribution in [0, 0.1) is 0 Å². The molecular weight excluding hydrogens is 442 g/mol. The second-order valence-corrected chi connectivity index (χ2v) is 10.1. The second-order valence-electron chi connectivity index (χ2n) is 8.91. The normalized spacial score (nSPS) is 16.8. The topological polar surface area (TPSA) is 30.9 Å². The molecule has 0 aromatic heterocycles. The highest BCUT2D eigenvalue weighted by molar-refractivity contribution is 7.99. The molecule has 0 aliphatic carbocycles. The Morgan fingerprint density at radius 2 is 1.68 bits per heavy atom. The van der Waals surface area contributed by atoms with E-state index in [-0.39, 0.29) is 0 Å². The van der Waals surface area contributed by atoms with Gasteiger partial charge in [0.15, 0.2) is 0 Å². The Bertz CT molecular complexity index is 1140. The predicted octanol–water partition coefficient (Wildman–Crippen LogP) is 7.03. The number of nitrogens with zero attached hydrogens (tertiary/aromatic N) is 1. The SMILES string of the molecule is COc1ccc2c(Oc3ccc(OCCN4CCCCC4)cc3)c(C3=CCSCC3)ccc2c1. The Balaban J connectivity index is 1.35. The van der Waals surface area contributed by atoms with E-state index in [4.69, 9.17) is 14.2 Å². The van der Waals surface area contributed by atoms with Crippen LogP contribution in [0.25, 0.3) is 16.3 Å². The monoisotopic (exact) mass is 475 g/mol. The van der Waals surface area contributed by atoms with Crippen LogP contribution < -0.4 is 14.2 Å². The van der Waals surface area contributed by atoms with Gasteiger partial charge in [0.2, 0.25) is 0 Å². The second kappa shape index (κ2) is 11.2. The Morgan fingerprint density at radius 1 is 0.882 bits per heavy atom. The predicted molar refractivity (Wildman–Crippen MR) is 143 cm³/mol. The molecule has 1 saturated heterocycles. The first-order chi connectivity index (χ1) is 16.8. The van der Waals surface area contributed by atoms with Crippen LogP contribution in [-0.4, -0.2) is 49.8 Å². The van der Waals surface area contributed by atoms with Gasteiger partial charge in [-0.3, -0.25) is 4.90 Å². The number of hydrogen-bond donors (Lipinski definition) is 0. The summed E-state index contributed by atoms with van der Waals surface area (Å²) in [6.07, 6.45) is 7.38. The molecule has 0 amide bonds. The number of benzene rings is 3. The number of fused-ring (bicyclic) bond motifs is 1. The Morgan fingerprint density at radius 3 is 2.44 bits per heavy atom. The van der Waals surface area contributed by atoms with E-state index in [2.05, 4.69) is 35.2 Å². The fraction of sp³-hybridized carbons (Fsp3) is 0.379. The van der Waals surface area contributed by atoms with Gasteiger partial charge in [0, 0.05) is 23.2 Å². The maximum absolute atomic E-state index is 6.55. The van der Waals surface area contributed by atoms with Crippen LogP contribution in [0.15, 0.2) is 60.7 Å². The van der Waals surface area contributed by atoms with E-state index in [0.29, 0.717) is 0 Å². The lowest BCUT2D eigenvalue weighted by molar-refractivity contribution is 0.183. The van der Waals surface area contributed by atoms with Crippen LogP contribution in [0.5, 0.6) is 23.0 Å². The number of ether oxygens (including phenoxy) is 3. The molecule has 0 N–H and O–H groups in total.